The van der Waals surface area contributed by atoms with Gasteiger partial charge in [0.25, 0.3) is 0 Å². The van der Waals surface area contributed by atoms with Crippen LogP contribution in [0.4, 0.5) is 0 Å². The van der Waals surface area contributed by atoms with Gasteiger partial charge in [0.05, 0.1) is 5.56 Å². The van der Waals surface area contributed by atoms with Gasteiger partial charge < -0.3 is 5.11 Å². The van der Waals surface area contributed by atoms with Crippen LogP contribution in [0, 0.1) is 11.8 Å². The number of hydrogen-bond donors (Lipinski definition) is 1. The number of rotatable bonds is 3. The first-order valence-corrected chi connectivity index (χ1v) is 10.6. The van der Waals surface area contributed by atoms with Gasteiger partial charge in [0, 0.05) is 5.92 Å². The molecule has 5 rings (SSSR count). The predicted molar refractivity (Wildman–Crippen MR) is 118 cm³/mol. The van der Waals surface area contributed by atoms with Crippen LogP contribution in [0.25, 0.3) is 21.9 Å². The minimum Gasteiger partial charge on any atom is -0.478 e. The van der Waals surface area contributed by atoms with E-state index in [0.29, 0.717) is 11.5 Å². The molecular weight excluding hydrogens is 356 g/mol. The molecule has 29 heavy (non-hydrogen) atoms. The van der Waals surface area contributed by atoms with Crippen LogP contribution >= 0.6 is 0 Å². The van der Waals surface area contributed by atoms with Gasteiger partial charge >= 0.3 is 5.97 Å². The molecule has 2 aliphatic rings. The van der Waals surface area contributed by atoms with Crippen LogP contribution in [0.15, 0.2) is 72.3 Å². The zero-order valence-electron chi connectivity index (χ0n) is 16.8. The van der Waals surface area contributed by atoms with Crippen molar-refractivity contribution in [2.45, 2.75) is 38.5 Å². The third-order valence-corrected chi connectivity index (χ3v) is 6.66. The summed E-state index contributed by atoms with van der Waals surface area (Å²) in [4.78, 5) is 11.2. The first-order valence-electron chi connectivity index (χ1n) is 10.6. The highest BCUT2D eigenvalue weighted by Crippen LogP contribution is 2.44. The van der Waals surface area contributed by atoms with E-state index in [9.17, 15) is 9.90 Å². The van der Waals surface area contributed by atoms with E-state index < -0.39 is 5.97 Å². The predicted octanol–water partition coefficient (Wildman–Crippen LogP) is 7.05. The molecule has 0 amide bonds. The van der Waals surface area contributed by atoms with Crippen LogP contribution in [0.2, 0.25) is 0 Å². The second-order valence-corrected chi connectivity index (χ2v) is 8.99. The zero-order valence-corrected chi connectivity index (χ0v) is 16.8. The maximum Gasteiger partial charge on any atom is 0.335 e. The van der Waals surface area contributed by atoms with Crippen molar-refractivity contribution < 1.29 is 9.90 Å². The molecule has 1 fully saturated rings. The molecule has 2 aliphatic carbocycles. The van der Waals surface area contributed by atoms with Gasteiger partial charge in [-0.15, -0.1) is 0 Å². The van der Waals surface area contributed by atoms with Gasteiger partial charge in [-0.2, -0.15) is 0 Å². The summed E-state index contributed by atoms with van der Waals surface area (Å²) in [6.45, 7) is 2.39. The molecule has 3 unspecified atom stereocenters. The van der Waals surface area contributed by atoms with Crippen LogP contribution in [-0.4, -0.2) is 11.1 Å². The topological polar surface area (TPSA) is 37.3 Å². The molecule has 0 aromatic heterocycles. The second-order valence-electron chi connectivity index (χ2n) is 8.99. The second kappa shape index (κ2) is 7.18. The smallest absolute Gasteiger partial charge is 0.335 e. The lowest BCUT2D eigenvalue weighted by Crippen LogP contribution is -2.22. The van der Waals surface area contributed by atoms with Crippen molar-refractivity contribution in [2.75, 3.05) is 0 Å². The largest absolute Gasteiger partial charge is 0.478 e. The molecule has 0 spiro atoms. The molecule has 3 atom stereocenters. The first-order chi connectivity index (χ1) is 14.0. The number of carbonyl (C=O) groups is 1. The van der Waals surface area contributed by atoms with Crippen LogP contribution in [-0.2, 0) is 0 Å². The van der Waals surface area contributed by atoms with E-state index in [1.165, 1.54) is 42.4 Å². The molecule has 0 radical (unpaired) electrons. The van der Waals surface area contributed by atoms with Crippen molar-refractivity contribution in [3.63, 3.8) is 0 Å². The number of allylic oxidation sites excluding steroid dienone is 2. The van der Waals surface area contributed by atoms with Gasteiger partial charge in [0.2, 0.25) is 0 Å². The average molecular weight is 383 g/mol. The SMILES string of the molecule is CC1CC2=CC(c3cccc(-c4ccc5cc(C(=O)O)ccc5c4)c3)CC(C2)C1. The Kier molecular flexibility index (Phi) is 4.50. The molecule has 0 saturated heterocycles. The van der Waals surface area contributed by atoms with Crippen LogP contribution in [0.3, 0.4) is 0 Å². The van der Waals surface area contributed by atoms with E-state index in [0.717, 1.165) is 22.6 Å². The van der Waals surface area contributed by atoms with Gasteiger partial charge in [0.1, 0.15) is 0 Å². The highest BCUT2D eigenvalue weighted by atomic mass is 16.4. The van der Waals surface area contributed by atoms with Crippen LogP contribution in [0.1, 0.15) is 54.4 Å². The number of fused-ring (bicyclic) bond motifs is 3. The molecule has 0 aliphatic heterocycles. The molecule has 2 nitrogen and oxygen atoms in total. The summed E-state index contributed by atoms with van der Waals surface area (Å²) >= 11 is 0. The summed E-state index contributed by atoms with van der Waals surface area (Å²) < 4.78 is 0. The lowest BCUT2D eigenvalue weighted by Gasteiger charge is -2.36. The fourth-order valence-corrected chi connectivity index (χ4v) is 5.40. The Morgan fingerprint density at radius 2 is 1.69 bits per heavy atom. The minimum absolute atomic E-state index is 0.331. The van der Waals surface area contributed by atoms with E-state index in [1.807, 2.05) is 12.1 Å². The Balaban J connectivity index is 1.47. The van der Waals surface area contributed by atoms with E-state index in [1.54, 1.807) is 17.7 Å². The Morgan fingerprint density at radius 3 is 2.52 bits per heavy atom. The quantitative estimate of drug-likeness (QED) is 0.493. The summed E-state index contributed by atoms with van der Waals surface area (Å²) in [5, 5.41) is 11.2. The lowest BCUT2D eigenvalue weighted by molar-refractivity contribution is 0.0697. The minimum atomic E-state index is -0.885. The monoisotopic (exact) mass is 382 g/mol. The Bertz CT molecular complexity index is 1120. The molecule has 3 aromatic rings. The number of carboxylic acid groups (broad SMARTS) is 1. The fourth-order valence-electron chi connectivity index (χ4n) is 5.40. The lowest BCUT2D eigenvalue weighted by atomic mass is 9.69. The Labute approximate surface area is 171 Å². The first kappa shape index (κ1) is 18.2. The van der Waals surface area contributed by atoms with E-state index in [2.05, 4.69) is 49.4 Å². The third-order valence-electron chi connectivity index (χ3n) is 6.66. The molecule has 0 heterocycles. The molecule has 1 N–H and O–H groups in total. The molecule has 2 heteroatoms. The molecule has 2 bridgehead atoms. The highest BCUT2D eigenvalue weighted by Gasteiger charge is 2.29. The van der Waals surface area contributed by atoms with Gasteiger partial charge in [-0.25, -0.2) is 4.79 Å². The summed E-state index contributed by atoms with van der Waals surface area (Å²) in [7, 11) is 0. The van der Waals surface area contributed by atoms with Gasteiger partial charge in [0.15, 0.2) is 0 Å². The molecular formula is C27H26O2. The zero-order chi connectivity index (χ0) is 20.0. The number of hydrogen-bond acceptors (Lipinski definition) is 1. The van der Waals surface area contributed by atoms with Crippen molar-refractivity contribution in [1.29, 1.82) is 0 Å². The standard InChI is InChI=1S/C27H26O2/c1-17-9-18-11-19(10-17)13-26(12-18)21-4-2-3-20(14-21)22-5-6-24-16-25(27(28)29)8-7-23(24)15-22/h2-8,12,14-17,19,26H,9-11,13H2,1H3,(H,28,29). The van der Waals surface area contributed by atoms with E-state index in [4.69, 9.17) is 0 Å². The Hall–Kier alpha value is -2.87. The molecule has 146 valence electrons. The fraction of sp³-hybridized carbons (Fsp3) is 0.296. The summed E-state index contributed by atoms with van der Waals surface area (Å²) in [6.07, 6.45) is 7.77. The summed E-state index contributed by atoms with van der Waals surface area (Å²) in [6, 6.07) is 20.6. The van der Waals surface area contributed by atoms with Gasteiger partial charge in [-0.1, -0.05) is 61.0 Å². The van der Waals surface area contributed by atoms with Crippen molar-refractivity contribution >= 4 is 16.7 Å². The van der Waals surface area contributed by atoms with Crippen molar-refractivity contribution in [1.82, 2.24) is 0 Å². The maximum atomic E-state index is 11.2. The maximum absolute atomic E-state index is 11.2. The average Bonchev–Trinajstić information content (AvgIpc) is 2.72. The van der Waals surface area contributed by atoms with Crippen molar-refractivity contribution in [3.8, 4) is 11.1 Å². The summed E-state index contributed by atoms with van der Waals surface area (Å²) in [5.41, 5.74) is 5.82. The van der Waals surface area contributed by atoms with Gasteiger partial charge in [-0.05, 0) is 83.2 Å². The number of aromatic carboxylic acids is 1. The van der Waals surface area contributed by atoms with E-state index >= 15 is 0 Å². The van der Waals surface area contributed by atoms with Gasteiger partial charge in [-0.3, -0.25) is 0 Å². The summed E-state index contributed by atoms with van der Waals surface area (Å²) in [5.74, 6) is 1.34. The number of benzene rings is 3. The van der Waals surface area contributed by atoms with Crippen LogP contribution in [0.5, 0.6) is 0 Å². The third kappa shape index (κ3) is 3.60. The number of carboxylic acids is 1. The normalized spacial score (nSPS) is 23.6. The van der Waals surface area contributed by atoms with Crippen LogP contribution < -0.4 is 0 Å². The molecule has 3 aromatic carbocycles. The highest BCUT2D eigenvalue weighted by molar-refractivity contribution is 5.95. The van der Waals surface area contributed by atoms with Crippen molar-refractivity contribution in [3.05, 3.63) is 83.4 Å². The van der Waals surface area contributed by atoms with E-state index in [-0.39, 0.29) is 0 Å². The molecule has 1 saturated carbocycles. The Morgan fingerprint density at radius 1 is 0.897 bits per heavy atom. The van der Waals surface area contributed by atoms with Crippen molar-refractivity contribution in [2.24, 2.45) is 11.8 Å².